The smallest absolute Gasteiger partial charge is 0.320 e. The molecule has 0 unspecified atom stereocenters. The SMILES string of the molecule is N[C@H](Cc1c(F)c(F)c(O)c(F)c1F)C(=O)O. The fourth-order valence-corrected chi connectivity index (χ4v) is 1.15. The van der Waals surface area contributed by atoms with E-state index in [4.69, 9.17) is 15.9 Å². The van der Waals surface area contributed by atoms with E-state index in [0.717, 1.165) is 0 Å². The van der Waals surface area contributed by atoms with Gasteiger partial charge in [0.1, 0.15) is 6.04 Å². The van der Waals surface area contributed by atoms with Gasteiger partial charge in [-0.1, -0.05) is 0 Å². The van der Waals surface area contributed by atoms with Crippen molar-refractivity contribution in [2.45, 2.75) is 12.5 Å². The lowest BCUT2D eigenvalue weighted by molar-refractivity contribution is -0.138. The van der Waals surface area contributed by atoms with Crippen LogP contribution in [0.5, 0.6) is 5.75 Å². The number of phenols is 1. The molecule has 0 amide bonds. The quantitative estimate of drug-likeness (QED) is 0.552. The second-order valence-corrected chi connectivity index (χ2v) is 3.23. The lowest BCUT2D eigenvalue weighted by Gasteiger charge is -2.10. The minimum atomic E-state index is -1.99. The molecule has 0 aliphatic rings. The molecule has 4 N–H and O–H groups in total. The van der Waals surface area contributed by atoms with Crippen molar-refractivity contribution in [2.24, 2.45) is 5.73 Å². The molecule has 1 aromatic carbocycles. The van der Waals surface area contributed by atoms with Crippen molar-refractivity contribution in [3.05, 3.63) is 28.8 Å². The number of carboxylic acid groups (broad SMARTS) is 1. The summed E-state index contributed by atoms with van der Waals surface area (Å²) in [4.78, 5) is 10.4. The summed E-state index contributed by atoms with van der Waals surface area (Å²) in [6, 6.07) is -1.72. The van der Waals surface area contributed by atoms with E-state index in [-0.39, 0.29) is 0 Å². The third-order valence-electron chi connectivity index (χ3n) is 2.07. The van der Waals surface area contributed by atoms with Gasteiger partial charge in [0.25, 0.3) is 0 Å². The van der Waals surface area contributed by atoms with Crippen molar-refractivity contribution in [1.82, 2.24) is 0 Å². The molecule has 0 fully saturated rings. The van der Waals surface area contributed by atoms with Gasteiger partial charge in [0.2, 0.25) is 11.6 Å². The molecule has 0 aliphatic heterocycles. The van der Waals surface area contributed by atoms with Crippen LogP contribution in [0.25, 0.3) is 0 Å². The Morgan fingerprint density at radius 3 is 1.88 bits per heavy atom. The molecule has 0 aromatic heterocycles. The molecule has 0 bridgehead atoms. The zero-order valence-electron chi connectivity index (χ0n) is 8.18. The molecule has 1 atom stereocenters. The highest BCUT2D eigenvalue weighted by molar-refractivity contribution is 5.73. The van der Waals surface area contributed by atoms with Crippen LogP contribution in [0.15, 0.2) is 0 Å². The first kappa shape index (κ1) is 13.2. The number of nitrogens with two attached hydrogens (primary N) is 1. The zero-order chi connectivity index (χ0) is 13.3. The number of benzene rings is 1. The van der Waals surface area contributed by atoms with Crippen molar-refractivity contribution in [1.29, 1.82) is 0 Å². The minimum absolute atomic E-state index is 0.943. The summed E-state index contributed by atoms with van der Waals surface area (Å²) < 4.78 is 52.0. The molecular weight excluding hydrogens is 246 g/mol. The fraction of sp³-hybridized carbons (Fsp3) is 0.222. The normalized spacial score (nSPS) is 12.5. The first-order valence-corrected chi connectivity index (χ1v) is 4.29. The summed E-state index contributed by atoms with van der Waals surface area (Å²) in [5.41, 5.74) is 3.82. The van der Waals surface area contributed by atoms with Gasteiger partial charge >= 0.3 is 5.97 Å². The van der Waals surface area contributed by atoms with Gasteiger partial charge in [-0.25, -0.2) is 8.78 Å². The second-order valence-electron chi connectivity index (χ2n) is 3.23. The molecule has 0 saturated carbocycles. The topological polar surface area (TPSA) is 83.5 Å². The number of hydrogen-bond acceptors (Lipinski definition) is 3. The Balaban J connectivity index is 3.30. The molecule has 1 aromatic rings. The average molecular weight is 253 g/mol. The predicted molar refractivity (Wildman–Crippen MR) is 47.3 cm³/mol. The predicted octanol–water partition coefficient (Wildman–Crippen LogP) is 0.903. The van der Waals surface area contributed by atoms with Gasteiger partial charge < -0.3 is 15.9 Å². The molecule has 1 rings (SSSR count). The van der Waals surface area contributed by atoms with E-state index in [1.807, 2.05) is 0 Å². The van der Waals surface area contributed by atoms with Gasteiger partial charge in [-0.15, -0.1) is 0 Å². The van der Waals surface area contributed by atoms with Crippen molar-refractivity contribution in [3.8, 4) is 5.75 Å². The van der Waals surface area contributed by atoms with Crippen LogP contribution in [0, 0.1) is 23.3 Å². The van der Waals surface area contributed by atoms with Gasteiger partial charge in [-0.3, -0.25) is 4.79 Å². The third kappa shape index (κ3) is 2.31. The van der Waals surface area contributed by atoms with E-state index in [2.05, 4.69) is 0 Å². The third-order valence-corrected chi connectivity index (χ3v) is 2.07. The number of aromatic hydroxyl groups is 1. The summed E-state index contributed by atoms with van der Waals surface area (Å²) in [6.45, 7) is 0. The molecule has 8 heteroatoms. The Hall–Kier alpha value is -1.83. The van der Waals surface area contributed by atoms with E-state index in [1.54, 1.807) is 0 Å². The maximum absolute atomic E-state index is 13.1. The Morgan fingerprint density at radius 2 is 1.53 bits per heavy atom. The van der Waals surface area contributed by atoms with E-state index in [9.17, 15) is 22.4 Å². The summed E-state index contributed by atoms with van der Waals surface area (Å²) in [6.07, 6.45) is -0.943. The molecule has 0 radical (unpaired) electrons. The summed E-state index contributed by atoms with van der Waals surface area (Å²) >= 11 is 0. The zero-order valence-corrected chi connectivity index (χ0v) is 8.18. The molecule has 0 heterocycles. The molecule has 0 saturated heterocycles. The molecule has 0 aliphatic carbocycles. The van der Waals surface area contributed by atoms with E-state index in [1.165, 1.54) is 0 Å². The van der Waals surface area contributed by atoms with Crippen molar-refractivity contribution in [3.63, 3.8) is 0 Å². The number of hydrogen-bond donors (Lipinski definition) is 3. The lowest BCUT2D eigenvalue weighted by Crippen LogP contribution is -2.33. The van der Waals surface area contributed by atoms with Crippen LogP contribution >= 0.6 is 0 Å². The van der Waals surface area contributed by atoms with E-state index in [0.29, 0.717) is 0 Å². The number of aliphatic carboxylic acids is 1. The molecule has 4 nitrogen and oxygen atoms in total. The highest BCUT2D eigenvalue weighted by Gasteiger charge is 2.27. The molecule has 0 spiro atoms. The van der Waals surface area contributed by atoms with E-state index >= 15 is 0 Å². The highest BCUT2D eigenvalue weighted by Crippen LogP contribution is 2.29. The molecule has 94 valence electrons. The first-order valence-electron chi connectivity index (χ1n) is 4.29. The Kier molecular flexibility index (Phi) is 3.56. The monoisotopic (exact) mass is 253 g/mol. The summed E-state index contributed by atoms with van der Waals surface area (Å²) in [7, 11) is 0. The molecule has 17 heavy (non-hydrogen) atoms. The van der Waals surface area contributed by atoms with Crippen LogP contribution in [-0.2, 0) is 11.2 Å². The van der Waals surface area contributed by atoms with Crippen LogP contribution in [0.1, 0.15) is 5.56 Å². The Labute approximate surface area is 92.3 Å². The lowest BCUT2D eigenvalue weighted by atomic mass is 10.0. The maximum atomic E-state index is 13.1. The summed E-state index contributed by atoms with van der Waals surface area (Å²) in [5.74, 6) is -11.1. The second kappa shape index (κ2) is 4.58. The van der Waals surface area contributed by atoms with Gasteiger partial charge in [0.15, 0.2) is 17.4 Å². The van der Waals surface area contributed by atoms with Gasteiger partial charge in [-0.2, -0.15) is 8.78 Å². The largest absolute Gasteiger partial charge is 0.503 e. The van der Waals surface area contributed by atoms with Crippen LogP contribution in [-0.4, -0.2) is 22.2 Å². The minimum Gasteiger partial charge on any atom is -0.503 e. The number of carbonyl (C=O) groups is 1. The van der Waals surface area contributed by atoms with Crippen LogP contribution in [0.2, 0.25) is 0 Å². The number of halogens is 4. The van der Waals surface area contributed by atoms with Crippen molar-refractivity contribution < 1.29 is 32.6 Å². The van der Waals surface area contributed by atoms with Gasteiger partial charge in [0.05, 0.1) is 0 Å². The molecular formula is C9H7F4NO3. The van der Waals surface area contributed by atoms with Crippen molar-refractivity contribution in [2.75, 3.05) is 0 Å². The number of phenolic OH excluding ortho intramolecular Hbond substituents is 1. The van der Waals surface area contributed by atoms with Crippen molar-refractivity contribution >= 4 is 5.97 Å². The number of rotatable bonds is 3. The average Bonchev–Trinajstić information content (AvgIpc) is 2.29. The maximum Gasteiger partial charge on any atom is 0.320 e. The van der Waals surface area contributed by atoms with E-state index < -0.39 is 53.0 Å². The van der Waals surface area contributed by atoms with Gasteiger partial charge in [-0.05, 0) is 0 Å². The highest BCUT2D eigenvalue weighted by atomic mass is 19.2. The first-order chi connectivity index (χ1) is 7.77. The van der Waals surface area contributed by atoms with Crippen LogP contribution in [0.3, 0.4) is 0 Å². The Bertz CT molecular complexity index is 449. The van der Waals surface area contributed by atoms with Crippen LogP contribution < -0.4 is 5.73 Å². The summed E-state index contributed by atoms with van der Waals surface area (Å²) in [5, 5.41) is 17.1. The fourth-order valence-electron chi connectivity index (χ4n) is 1.15. The van der Waals surface area contributed by atoms with Gasteiger partial charge in [0, 0.05) is 12.0 Å². The Morgan fingerprint density at radius 1 is 1.12 bits per heavy atom. The number of carboxylic acids is 1. The van der Waals surface area contributed by atoms with Crippen LogP contribution in [0.4, 0.5) is 17.6 Å². The standard InChI is InChI=1S/C9H7F4NO3/c10-4-2(1-3(14)9(16)17)5(11)7(13)8(15)6(4)12/h3,15H,1,14H2,(H,16,17)/t3-/m1/s1.